The molecule has 0 aliphatic rings. The molecule has 0 bridgehead atoms. The SMILES string of the molecule is C=CCCC(=O)Nc1ccc(I)cc1Br. The molecule has 0 saturated heterocycles. The van der Waals surface area contributed by atoms with Gasteiger partial charge in [0.2, 0.25) is 5.91 Å². The highest BCUT2D eigenvalue weighted by Crippen LogP contribution is 2.24. The van der Waals surface area contributed by atoms with Crippen LogP contribution in [0.1, 0.15) is 12.8 Å². The molecule has 4 heteroatoms. The predicted molar refractivity (Wildman–Crippen MR) is 74.9 cm³/mol. The summed E-state index contributed by atoms with van der Waals surface area (Å²) < 4.78 is 2.03. The fourth-order valence-corrected chi connectivity index (χ4v) is 2.43. The van der Waals surface area contributed by atoms with E-state index in [1.54, 1.807) is 6.08 Å². The Kier molecular flexibility index (Phi) is 5.31. The Morgan fingerprint density at radius 3 is 2.93 bits per heavy atom. The van der Waals surface area contributed by atoms with E-state index in [1.165, 1.54) is 0 Å². The van der Waals surface area contributed by atoms with E-state index >= 15 is 0 Å². The lowest BCUT2D eigenvalue weighted by Crippen LogP contribution is -2.11. The van der Waals surface area contributed by atoms with Gasteiger partial charge in [-0.2, -0.15) is 0 Å². The average molecular weight is 380 g/mol. The summed E-state index contributed by atoms with van der Waals surface area (Å²) in [6.45, 7) is 3.58. The lowest BCUT2D eigenvalue weighted by atomic mass is 10.2. The molecule has 0 saturated carbocycles. The maximum absolute atomic E-state index is 11.4. The van der Waals surface area contributed by atoms with Gasteiger partial charge in [-0.15, -0.1) is 6.58 Å². The number of rotatable bonds is 4. The first-order valence-corrected chi connectivity index (χ1v) is 6.36. The van der Waals surface area contributed by atoms with Crippen LogP contribution in [0.15, 0.2) is 35.3 Å². The first-order valence-electron chi connectivity index (χ1n) is 4.49. The summed E-state index contributed by atoms with van der Waals surface area (Å²) in [5, 5.41) is 2.84. The molecule has 0 fully saturated rings. The Balaban J connectivity index is 2.64. The number of allylic oxidation sites excluding steroid dienone is 1. The van der Waals surface area contributed by atoms with Gasteiger partial charge in [0.05, 0.1) is 5.69 Å². The van der Waals surface area contributed by atoms with Gasteiger partial charge in [-0.05, 0) is 63.1 Å². The number of halogens is 2. The maximum atomic E-state index is 11.4. The third kappa shape index (κ3) is 4.34. The van der Waals surface area contributed by atoms with Crippen LogP contribution in [0.5, 0.6) is 0 Å². The lowest BCUT2D eigenvalue weighted by molar-refractivity contribution is -0.116. The molecule has 1 aromatic carbocycles. The number of anilines is 1. The fourth-order valence-electron chi connectivity index (χ4n) is 1.04. The molecule has 0 radical (unpaired) electrons. The minimum absolute atomic E-state index is 0.0109. The molecular weight excluding hydrogens is 369 g/mol. The first-order chi connectivity index (χ1) is 7.13. The van der Waals surface area contributed by atoms with Crippen LogP contribution in [0.4, 0.5) is 5.69 Å². The van der Waals surface area contributed by atoms with Crippen molar-refractivity contribution >= 4 is 50.1 Å². The van der Waals surface area contributed by atoms with Gasteiger partial charge < -0.3 is 5.32 Å². The van der Waals surface area contributed by atoms with Crippen LogP contribution in [-0.2, 0) is 4.79 Å². The van der Waals surface area contributed by atoms with Crippen LogP contribution in [0, 0.1) is 3.57 Å². The van der Waals surface area contributed by atoms with E-state index in [0.717, 1.165) is 13.7 Å². The number of benzene rings is 1. The number of nitrogens with one attached hydrogen (secondary N) is 1. The van der Waals surface area contributed by atoms with E-state index < -0.39 is 0 Å². The molecule has 1 amide bonds. The molecule has 1 N–H and O–H groups in total. The molecule has 0 spiro atoms. The number of amides is 1. The van der Waals surface area contributed by atoms with Crippen molar-refractivity contribution in [2.24, 2.45) is 0 Å². The smallest absolute Gasteiger partial charge is 0.224 e. The first kappa shape index (κ1) is 12.7. The topological polar surface area (TPSA) is 29.1 Å². The fraction of sp³-hybridized carbons (Fsp3) is 0.182. The van der Waals surface area contributed by atoms with Crippen LogP contribution in [0.3, 0.4) is 0 Å². The van der Waals surface area contributed by atoms with Crippen molar-refractivity contribution in [3.8, 4) is 0 Å². The van der Waals surface area contributed by atoms with Crippen molar-refractivity contribution in [1.29, 1.82) is 0 Å². The second-order valence-electron chi connectivity index (χ2n) is 3.00. The van der Waals surface area contributed by atoms with Crippen LogP contribution in [0.2, 0.25) is 0 Å². The Bertz CT molecular complexity index is 379. The monoisotopic (exact) mass is 379 g/mol. The van der Waals surface area contributed by atoms with Gasteiger partial charge in [0.25, 0.3) is 0 Å². The van der Waals surface area contributed by atoms with Crippen LogP contribution >= 0.6 is 38.5 Å². The van der Waals surface area contributed by atoms with Crippen molar-refractivity contribution in [3.05, 3.63) is 38.9 Å². The average Bonchev–Trinajstić information content (AvgIpc) is 2.19. The normalized spacial score (nSPS) is 9.73. The van der Waals surface area contributed by atoms with Gasteiger partial charge in [0, 0.05) is 14.5 Å². The highest BCUT2D eigenvalue weighted by atomic mass is 127. The number of carbonyl (C=O) groups excluding carboxylic acids is 1. The van der Waals surface area contributed by atoms with E-state index in [4.69, 9.17) is 0 Å². The maximum Gasteiger partial charge on any atom is 0.224 e. The zero-order valence-electron chi connectivity index (χ0n) is 8.09. The van der Waals surface area contributed by atoms with Crippen LogP contribution in [0.25, 0.3) is 0 Å². The summed E-state index contributed by atoms with van der Waals surface area (Å²) in [6, 6.07) is 5.80. The molecule has 0 atom stereocenters. The summed E-state index contributed by atoms with van der Waals surface area (Å²) in [6.07, 6.45) is 2.91. The van der Waals surface area contributed by atoms with Crippen molar-refractivity contribution in [3.63, 3.8) is 0 Å². The summed E-state index contributed by atoms with van der Waals surface area (Å²) >= 11 is 5.63. The van der Waals surface area contributed by atoms with E-state index in [9.17, 15) is 4.79 Å². The largest absolute Gasteiger partial charge is 0.325 e. The standard InChI is InChI=1S/C11H11BrINO/c1-2-3-4-11(15)14-10-6-5-8(13)7-9(10)12/h2,5-7H,1,3-4H2,(H,14,15). The Hall–Kier alpha value is -0.360. The number of hydrogen-bond acceptors (Lipinski definition) is 1. The second-order valence-corrected chi connectivity index (χ2v) is 5.10. The van der Waals surface area contributed by atoms with Gasteiger partial charge in [-0.1, -0.05) is 6.08 Å². The predicted octanol–water partition coefficient (Wildman–Crippen LogP) is 3.96. The van der Waals surface area contributed by atoms with Crippen molar-refractivity contribution < 1.29 is 4.79 Å². The quantitative estimate of drug-likeness (QED) is 0.622. The van der Waals surface area contributed by atoms with Gasteiger partial charge in [0.1, 0.15) is 0 Å². The molecule has 0 aliphatic heterocycles. The van der Waals surface area contributed by atoms with Crippen molar-refractivity contribution in [2.45, 2.75) is 12.8 Å². The number of carbonyl (C=O) groups is 1. The molecule has 1 aromatic rings. The van der Waals surface area contributed by atoms with E-state index in [-0.39, 0.29) is 5.91 Å². The molecular formula is C11H11BrINO. The lowest BCUT2D eigenvalue weighted by Gasteiger charge is -2.06. The Labute approximate surface area is 111 Å². The van der Waals surface area contributed by atoms with E-state index in [0.29, 0.717) is 12.8 Å². The van der Waals surface area contributed by atoms with E-state index in [2.05, 4.69) is 50.4 Å². The van der Waals surface area contributed by atoms with Gasteiger partial charge in [-0.3, -0.25) is 4.79 Å². The van der Waals surface area contributed by atoms with Crippen LogP contribution in [-0.4, -0.2) is 5.91 Å². The van der Waals surface area contributed by atoms with Gasteiger partial charge in [0.15, 0.2) is 0 Å². The second kappa shape index (κ2) is 6.27. The van der Waals surface area contributed by atoms with Gasteiger partial charge >= 0.3 is 0 Å². The molecule has 2 nitrogen and oxygen atoms in total. The molecule has 80 valence electrons. The minimum Gasteiger partial charge on any atom is -0.325 e. The number of hydrogen-bond donors (Lipinski definition) is 1. The summed E-state index contributed by atoms with van der Waals surface area (Å²) in [5.74, 6) is 0.0109. The molecule has 0 aliphatic carbocycles. The van der Waals surface area contributed by atoms with E-state index in [1.807, 2.05) is 18.2 Å². The molecule has 15 heavy (non-hydrogen) atoms. The molecule has 0 heterocycles. The van der Waals surface area contributed by atoms with Crippen molar-refractivity contribution in [2.75, 3.05) is 5.32 Å². The van der Waals surface area contributed by atoms with Crippen molar-refractivity contribution in [1.82, 2.24) is 0 Å². The third-order valence-corrected chi connectivity index (χ3v) is 3.11. The molecule has 0 unspecified atom stereocenters. The zero-order valence-corrected chi connectivity index (χ0v) is 11.8. The van der Waals surface area contributed by atoms with Crippen LogP contribution < -0.4 is 5.32 Å². The zero-order chi connectivity index (χ0) is 11.3. The molecule has 0 aromatic heterocycles. The highest BCUT2D eigenvalue weighted by molar-refractivity contribution is 14.1. The Morgan fingerprint density at radius 2 is 2.33 bits per heavy atom. The summed E-state index contributed by atoms with van der Waals surface area (Å²) in [5.41, 5.74) is 0.810. The minimum atomic E-state index is 0.0109. The summed E-state index contributed by atoms with van der Waals surface area (Å²) in [4.78, 5) is 11.4. The summed E-state index contributed by atoms with van der Waals surface area (Å²) in [7, 11) is 0. The van der Waals surface area contributed by atoms with Gasteiger partial charge in [-0.25, -0.2) is 0 Å². The third-order valence-electron chi connectivity index (χ3n) is 1.78. The highest BCUT2D eigenvalue weighted by Gasteiger charge is 2.04. The Morgan fingerprint density at radius 1 is 1.60 bits per heavy atom. The molecule has 1 rings (SSSR count).